The summed E-state index contributed by atoms with van der Waals surface area (Å²) in [6.45, 7) is 2.62. The Morgan fingerprint density at radius 3 is 2.44 bits per heavy atom. The van der Waals surface area contributed by atoms with Crippen LogP contribution in [-0.4, -0.2) is 29.6 Å². The predicted molar refractivity (Wildman–Crippen MR) is 142 cm³/mol. The van der Waals surface area contributed by atoms with Gasteiger partial charge in [0.25, 0.3) is 11.8 Å². The van der Waals surface area contributed by atoms with E-state index < -0.39 is 0 Å². The number of anilines is 2. The largest absolute Gasteiger partial charge is 0.354 e. The number of amides is 2. The normalized spacial score (nSPS) is 13.0. The lowest BCUT2D eigenvalue weighted by molar-refractivity contribution is 0.0985. The highest BCUT2D eigenvalue weighted by atomic mass is 16.2. The van der Waals surface area contributed by atoms with E-state index in [4.69, 9.17) is 0 Å². The fraction of sp³-hybridized carbons (Fsp3) is 0.167. The highest BCUT2D eigenvalue weighted by Gasteiger charge is 2.24. The molecule has 180 valence electrons. The number of aromatic nitrogens is 1. The number of aldehydes is 1. The Labute approximate surface area is 210 Å². The maximum atomic E-state index is 13.3. The standard InChI is InChI=1S/C30H27N3O3/c1-20-9-11-21(12-10-20)25-6-2-3-7-26(25)29(35)32-23-15-13-22(14-16-23)30(36)33-17-5-4-8-27-28(33)18-24(19-34)31-27/h2-3,6-7,9-16,18-19,31H,4-5,8,17H2,1H3,(H,32,35). The predicted octanol–water partition coefficient (Wildman–Crippen LogP) is 6.04. The molecule has 0 saturated heterocycles. The third kappa shape index (κ3) is 4.70. The zero-order valence-electron chi connectivity index (χ0n) is 20.1. The van der Waals surface area contributed by atoms with E-state index in [1.807, 2.05) is 55.5 Å². The van der Waals surface area contributed by atoms with Crippen LogP contribution in [0.1, 0.15) is 55.3 Å². The second-order valence-electron chi connectivity index (χ2n) is 9.06. The topological polar surface area (TPSA) is 82.3 Å². The molecule has 0 fully saturated rings. The number of aryl methyl sites for hydroxylation is 2. The van der Waals surface area contributed by atoms with Crippen molar-refractivity contribution in [2.24, 2.45) is 0 Å². The van der Waals surface area contributed by atoms with Crippen LogP contribution in [0.3, 0.4) is 0 Å². The number of rotatable bonds is 5. The van der Waals surface area contributed by atoms with Crippen LogP contribution in [0.2, 0.25) is 0 Å². The highest BCUT2D eigenvalue weighted by Crippen LogP contribution is 2.29. The van der Waals surface area contributed by atoms with Gasteiger partial charge in [0.2, 0.25) is 0 Å². The molecule has 5 rings (SSSR count). The van der Waals surface area contributed by atoms with E-state index in [-0.39, 0.29) is 11.8 Å². The molecule has 0 unspecified atom stereocenters. The van der Waals surface area contributed by atoms with Gasteiger partial charge in [-0.25, -0.2) is 0 Å². The van der Waals surface area contributed by atoms with Gasteiger partial charge >= 0.3 is 0 Å². The van der Waals surface area contributed by atoms with Crippen LogP contribution >= 0.6 is 0 Å². The number of benzene rings is 3. The summed E-state index contributed by atoms with van der Waals surface area (Å²) in [5.41, 5.74) is 6.87. The van der Waals surface area contributed by atoms with E-state index in [9.17, 15) is 14.4 Å². The van der Waals surface area contributed by atoms with Crippen molar-refractivity contribution in [3.63, 3.8) is 0 Å². The lowest BCUT2D eigenvalue weighted by atomic mass is 9.98. The molecule has 2 amide bonds. The number of nitrogens with one attached hydrogen (secondary N) is 2. The van der Waals surface area contributed by atoms with Gasteiger partial charge in [-0.2, -0.15) is 0 Å². The molecule has 0 atom stereocenters. The minimum absolute atomic E-state index is 0.128. The summed E-state index contributed by atoms with van der Waals surface area (Å²) in [7, 11) is 0. The van der Waals surface area contributed by atoms with Gasteiger partial charge in [0, 0.05) is 29.1 Å². The maximum Gasteiger partial charge on any atom is 0.258 e. The number of fused-ring (bicyclic) bond motifs is 1. The van der Waals surface area contributed by atoms with Gasteiger partial charge in [-0.05, 0) is 73.7 Å². The lowest BCUT2D eigenvalue weighted by Crippen LogP contribution is -2.31. The molecule has 36 heavy (non-hydrogen) atoms. The first-order valence-electron chi connectivity index (χ1n) is 12.1. The summed E-state index contributed by atoms with van der Waals surface area (Å²) in [6.07, 6.45) is 3.41. The van der Waals surface area contributed by atoms with E-state index in [1.54, 1.807) is 35.2 Å². The summed E-state index contributed by atoms with van der Waals surface area (Å²) in [6, 6.07) is 24.3. The number of carbonyl (C=O) groups is 3. The maximum absolute atomic E-state index is 13.3. The molecule has 1 aromatic heterocycles. The molecular formula is C30H27N3O3. The Balaban J connectivity index is 1.34. The Kier molecular flexibility index (Phi) is 6.50. The summed E-state index contributed by atoms with van der Waals surface area (Å²) in [4.78, 5) is 42.5. The molecule has 1 aliphatic rings. The Morgan fingerprint density at radius 1 is 0.944 bits per heavy atom. The van der Waals surface area contributed by atoms with Crippen molar-refractivity contribution >= 4 is 29.5 Å². The fourth-order valence-corrected chi connectivity index (χ4v) is 4.62. The van der Waals surface area contributed by atoms with Crippen molar-refractivity contribution in [2.45, 2.75) is 26.2 Å². The molecule has 1 aliphatic heterocycles. The van der Waals surface area contributed by atoms with E-state index >= 15 is 0 Å². The minimum Gasteiger partial charge on any atom is -0.354 e. The fourth-order valence-electron chi connectivity index (χ4n) is 4.62. The third-order valence-electron chi connectivity index (χ3n) is 6.54. The first kappa shape index (κ1) is 23.3. The van der Waals surface area contributed by atoms with Gasteiger partial charge in [-0.15, -0.1) is 0 Å². The average Bonchev–Trinajstić information content (AvgIpc) is 3.22. The first-order chi connectivity index (χ1) is 17.5. The molecule has 6 nitrogen and oxygen atoms in total. The van der Waals surface area contributed by atoms with E-state index in [2.05, 4.69) is 10.3 Å². The summed E-state index contributed by atoms with van der Waals surface area (Å²) >= 11 is 0. The molecule has 3 aromatic carbocycles. The molecule has 2 N–H and O–H groups in total. The second-order valence-corrected chi connectivity index (χ2v) is 9.06. The molecule has 0 radical (unpaired) electrons. The molecule has 4 aromatic rings. The van der Waals surface area contributed by atoms with E-state index in [0.717, 1.165) is 53.6 Å². The quantitative estimate of drug-likeness (QED) is 0.344. The van der Waals surface area contributed by atoms with Crippen molar-refractivity contribution in [3.8, 4) is 11.1 Å². The van der Waals surface area contributed by atoms with Crippen LogP contribution in [0.25, 0.3) is 11.1 Å². The third-order valence-corrected chi connectivity index (χ3v) is 6.54. The monoisotopic (exact) mass is 477 g/mol. The lowest BCUT2D eigenvalue weighted by Gasteiger charge is -2.21. The number of hydrogen-bond acceptors (Lipinski definition) is 3. The Hall–Kier alpha value is -4.45. The molecule has 0 aliphatic carbocycles. The van der Waals surface area contributed by atoms with Crippen LogP contribution in [0.5, 0.6) is 0 Å². The van der Waals surface area contributed by atoms with Gasteiger partial charge in [-0.1, -0.05) is 48.0 Å². The molecule has 0 bridgehead atoms. The first-order valence-corrected chi connectivity index (χ1v) is 12.1. The van der Waals surface area contributed by atoms with E-state index in [0.29, 0.717) is 29.1 Å². The number of hydrogen-bond donors (Lipinski definition) is 2. The average molecular weight is 478 g/mol. The summed E-state index contributed by atoms with van der Waals surface area (Å²) in [5, 5.41) is 2.95. The Bertz CT molecular complexity index is 1420. The second kappa shape index (κ2) is 10.0. The van der Waals surface area contributed by atoms with Crippen molar-refractivity contribution in [1.29, 1.82) is 0 Å². The molecule has 2 heterocycles. The zero-order chi connectivity index (χ0) is 25.1. The van der Waals surface area contributed by atoms with Gasteiger partial charge in [0.15, 0.2) is 6.29 Å². The highest BCUT2D eigenvalue weighted by molar-refractivity contribution is 6.10. The zero-order valence-corrected chi connectivity index (χ0v) is 20.1. The van der Waals surface area contributed by atoms with E-state index in [1.165, 1.54) is 0 Å². The van der Waals surface area contributed by atoms with Crippen LogP contribution < -0.4 is 10.2 Å². The number of aromatic amines is 1. The summed E-state index contributed by atoms with van der Waals surface area (Å²) in [5.74, 6) is -0.340. The van der Waals surface area contributed by atoms with Crippen LogP contribution in [0, 0.1) is 6.92 Å². The van der Waals surface area contributed by atoms with Crippen molar-refractivity contribution in [3.05, 3.63) is 107 Å². The molecule has 0 spiro atoms. The van der Waals surface area contributed by atoms with Gasteiger partial charge < -0.3 is 15.2 Å². The van der Waals surface area contributed by atoms with Crippen molar-refractivity contribution in [2.75, 3.05) is 16.8 Å². The SMILES string of the molecule is Cc1ccc(-c2ccccc2C(=O)Nc2ccc(C(=O)N3CCCCc4[nH]c(C=O)cc43)cc2)cc1. The van der Waals surface area contributed by atoms with Crippen LogP contribution in [-0.2, 0) is 6.42 Å². The number of carbonyl (C=O) groups excluding carboxylic acids is 3. The summed E-state index contributed by atoms with van der Waals surface area (Å²) < 4.78 is 0. The van der Waals surface area contributed by atoms with Crippen molar-refractivity contribution in [1.82, 2.24) is 4.98 Å². The molecule has 0 saturated carbocycles. The van der Waals surface area contributed by atoms with Crippen LogP contribution in [0.4, 0.5) is 11.4 Å². The molecular weight excluding hydrogens is 450 g/mol. The van der Waals surface area contributed by atoms with Crippen LogP contribution in [0.15, 0.2) is 78.9 Å². The molecule has 6 heteroatoms. The minimum atomic E-state index is -0.212. The van der Waals surface area contributed by atoms with Gasteiger partial charge in [0.1, 0.15) is 0 Å². The number of nitrogens with zero attached hydrogens (tertiary/aromatic N) is 1. The van der Waals surface area contributed by atoms with Crippen molar-refractivity contribution < 1.29 is 14.4 Å². The Morgan fingerprint density at radius 2 is 1.69 bits per heavy atom. The van der Waals surface area contributed by atoms with Gasteiger partial charge in [0.05, 0.1) is 11.4 Å². The number of H-pyrrole nitrogens is 1. The smallest absolute Gasteiger partial charge is 0.258 e. The van der Waals surface area contributed by atoms with Gasteiger partial charge in [-0.3, -0.25) is 14.4 Å².